The van der Waals surface area contributed by atoms with Gasteiger partial charge in [0.05, 0.1) is 0 Å². The van der Waals surface area contributed by atoms with E-state index in [-0.39, 0.29) is 13.2 Å². The summed E-state index contributed by atoms with van der Waals surface area (Å²) in [5.74, 6) is 0. The molecule has 0 amide bonds. The van der Waals surface area contributed by atoms with E-state index in [0.717, 1.165) is 16.7 Å². The van der Waals surface area contributed by atoms with Crippen LogP contribution in [0.15, 0.2) is 18.2 Å². The first-order valence-electron chi connectivity index (χ1n) is 4.43. The highest BCUT2D eigenvalue weighted by Crippen LogP contribution is 2.10. The van der Waals surface area contributed by atoms with E-state index in [1.54, 1.807) is 0 Å². The first-order chi connectivity index (χ1) is 6.26. The second-order valence-corrected chi connectivity index (χ2v) is 3.10. The highest BCUT2D eigenvalue weighted by atomic mass is 16.3. The average molecular weight is 179 g/mol. The minimum absolute atomic E-state index is 0.155. The van der Waals surface area contributed by atoms with Crippen LogP contribution in [-0.2, 0) is 12.8 Å². The van der Waals surface area contributed by atoms with Gasteiger partial charge < -0.3 is 10.2 Å². The normalized spacial score (nSPS) is 10.4. The molecule has 2 nitrogen and oxygen atoms in total. The Kier molecular flexibility index (Phi) is 3.93. The zero-order valence-corrected chi connectivity index (χ0v) is 7.66. The number of benzene rings is 1. The van der Waals surface area contributed by atoms with Gasteiger partial charge in [0.1, 0.15) is 0 Å². The van der Waals surface area contributed by atoms with Gasteiger partial charge in [-0.05, 0) is 36.5 Å². The van der Waals surface area contributed by atoms with Crippen molar-refractivity contribution in [1.29, 1.82) is 0 Å². The van der Waals surface area contributed by atoms with E-state index >= 15 is 0 Å². The molecule has 13 heavy (non-hydrogen) atoms. The van der Waals surface area contributed by atoms with Gasteiger partial charge in [0.15, 0.2) is 0 Å². The van der Waals surface area contributed by atoms with Crippen molar-refractivity contribution in [1.82, 2.24) is 0 Å². The molecule has 0 aliphatic rings. The quantitative estimate of drug-likeness (QED) is 0.722. The lowest BCUT2D eigenvalue weighted by atomic mass is 10.0. The van der Waals surface area contributed by atoms with E-state index in [2.05, 4.69) is 6.92 Å². The lowest BCUT2D eigenvalue weighted by Crippen LogP contribution is -1.96. The lowest BCUT2D eigenvalue weighted by Gasteiger charge is -2.05. The van der Waals surface area contributed by atoms with Crippen LogP contribution in [0.1, 0.15) is 16.7 Å². The Balaban J connectivity index is 2.83. The molecule has 0 unspecified atom stereocenters. The third kappa shape index (κ3) is 3.17. The minimum atomic E-state index is 0.155. The van der Waals surface area contributed by atoms with Gasteiger partial charge >= 0.3 is 0 Å². The third-order valence-electron chi connectivity index (χ3n) is 1.91. The molecule has 71 valence electrons. The topological polar surface area (TPSA) is 40.5 Å². The molecule has 0 spiro atoms. The fourth-order valence-corrected chi connectivity index (χ4v) is 1.39. The Bertz CT molecular complexity index is 245. The van der Waals surface area contributed by atoms with Gasteiger partial charge in [-0.25, -0.2) is 0 Å². The predicted octanol–water partition coefficient (Wildman–Crippen LogP) is 0.938. The van der Waals surface area contributed by atoms with Crippen molar-refractivity contribution in [2.75, 3.05) is 13.2 Å². The Labute approximate surface area is 78.8 Å². The van der Waals surface area contributed by atoms with E-state index in [0.29, 0.717) is 12.8 Å². The molecule has 1 rings (SSSR count). The van der Waals surface area contributed by atoms with Gasteiger partial charge in [-0.1, -0.05) is 18.2 Å². The summed E-state index contributed by atoms with van der Waals surface area (Å²) < 4.78 is 0. The van der Waals surface area contributed by atoms with E-state index in [1.165, 1.54) is 0 Å². The molecule has 2 N–H and O–H groups in total. The summed E-state index contributed by atoms with van der Waals surface area (Å²) >= 11 is 0. The molecule has 0 saturated heterocycles. The summed E-state index contributed by atoms with van der Waals surface area (Å²) in [4.78, 5) is 0. The van der Waals surface area contributed by atoms with E-state index in [9.17, 15) is 0 Å². The molecule has 0 saturated carbocycles. The first kappa shape index (κ1) is 10.2. The Morgan fingerprint density at radius 1 is 0.923 bits per heavy atom. The summed E-state index contributed by atoms with van der Waals surface area (Å²) in [5.41, 5.74) is 3.10. The van der Waals surface area contributed by atoms with Crippen LogP contribution in [0.4, 0.5) is 0 Å². The minimum Gasteiger partial charge on any atom is -0.396 e. The largest absolute Gasteiger partial charge is 0.396 e. The van der Waals surface area contributed by atoms with E-state index < -0.39 is 0 Å². The number of aliphatic hydroxyl groups is 2. The molecule has 1 radical (unpaired) electrons. The zero-order chi connectivity index (χ0) is 9.68. The van der Waals surface area contributed by atoms with Crippen LogP contribution in [0.3, 0.4) is 0 Å². The number of hydrogen-bond acceptors (Lipinski definition) is 2. The maximum absolute atomic E-state index is 8.76. The van der Waals surface area contributed by atoms with Crippen molar-refractivity contribution in [2.24, 2.45) is 0 Å². The lowest BCUT2D eigenvalue weighted by molar-refractivity contribution is 0.298. The van der Waals surface area contributed by atoms with Gasteiger partial charge in [0.25, 0.3) is 0 Å². The molecular weight excluding hydrogens is 164 g/mol. The fraction of sp³-hybridized carbons (Fsp3) is 0.364. The molecule has 0 bridgehead atoms. The summed E-state index contributed by atoms with van der Waals surface area (Å²) in [7, 11) is 0. The van der Waals surface area contributed by atoms with Crippen molar-refractivity contribution in [3.63, 3.8) is 0 Å². The molecule has 0 fully saturated rings. The summed E-state index contributed by atoms with van der Waals surface area (Å²) in [6.07, 6.45) is 1.31. The van der Waals surface area contributed by atoms with Crippen LogP contribution in [0, 0.1) is 6.92 Å². The molecule has 0 heterocycles. The van der Waals surface area contributed by atoms with Gasteiger partial charge in [-0.15, -0.1) is 0 Å². The van der Waals surface area contributed by atoms with Crippen LogP contribution in [0.5, 0.6) is 0 Å². The van der Waals surface area contributed by atoms with E-state index in [1.807, 2.05) is 18.2 Å². The molecular formula is C11H15O2. The molecule has 1 aromatic rings. The molecule has 0 aromatic heterocycles. The highest BCUT2D eigenvalue weighted by molar-refractivity contribution is 5.32. The first-order valence-corrected chi connectivity index (χ1v) is 4.43. The molecule has 0 aliphatic carbocycles. The van der Waals surface area contributed by atoms with Crippen LogP contribution >= 0.6 is 0 Å². The molecule has 0 atom stereocenters. The molecule has 0 aliphatic heterocycles. The van der Waals surface area contributed by atoms with Crippen LogP contribution in [0.2, 0.25) is 0 Å². The Morgan fingerprint density at radius 2 is 1.38 bits per heavy atom. The number of aliphatic hydroxyl groups excluding tert-OH is 2. The monoisotopic (exact) mass is 179 g/mol. The van der Waals surface area contributed by atoms with Gasteiger partial charge in [0, 0.05) is 13.2 Å². The van der Waals surface area contributed by atoms with Crippen molar-refractivity contribution >= 4 is 0 Å². The van der Waals surface area contributed by atoms with E-state index in [4.69, 9.17) is 10.2 Å². The summed E-state index contributed by atoms with van der Waals surface area (Å²) in [6, 6.07) is 5.91. The summed E-state index contributed by atoms with van der Waals surface area (Å²) in [5, 5.41) is 17.5. The van der Waals surface area contributed by atoms with Crippen molar-refractivity contribution in [3.05, 3.63) is 41.8 Å². The fourth-order valence-electron chi connectivity index (χ4n) is 1.39. The maximum Gasteiger partial charge on any atom is 0.0471 e. The second-order valence-electron chi connectivity index (χ2n) is 3.10. The van der Waals surface area contributed by atoms with Crippen LogP contribution in [0.25, 0.3) is 0 Å². The summed E-state index contributed by atoms with van der Waals surface area (Å²) in [6.45, 7) is 4.15. The Morgan fingerprint density at radius 3 is 1.77 bits per heavy atom. The highest BCUT2D eigenvalue weighted by Gasteiger charge is 1.97. The second kappa shape index (κ2) is 5.00. The average Bonchev–Trinajstić information content (AvgIpc) is 2.04. The van der Waals surface area contributed by atoms with Gasteiger partial charge in [0.2, 0.25) is 0 Å². The SMILES string of the molecule is [CH2]c1cc(CCO)cc(CCO)c1. The molecule has 2 heteroatoms. The predicted molar refractivity (Wildman–Crippen MR) is 52.5 cm³/mol. The van der Waals surface area contributed by atoms with Crippen LogP contribution in [-0.4, -0.2) is 23.4 Å². The van der Waals surface area contributed by atoms with Gasteiger partial charge in [-0.2, -0.15) is 0 Å². The number of hydrogen-bond donors (Lipinski definition) is 2. The van der Waals surface area contributed by atoms with Gasteiger partial charge in [-0.3, -0.25) is 0 Å². The van der Waals surface area contributed by atoms with Crippen molar-refractivity contribution in [3.8, 4) is 0 Å². The van der Waals surface area contributed by atoms with Crippen molar-refractivity contribution in [2.45, 2.75) is 12.8 Å². The van der Waals surface area contributed by atoms with Crippen molar-refractivity contribution < 1.29 is 10.2 Å². The van der Waals surface area contributed by atoms with Crippen LogP contribution < -0.4 is 0 Å². The smallest absolute Gasteiger partial charge is 0.0471 e. The number of rotatable bonds is 4. The standard InChI is InChI=1S/C11H15O2/c1-9-6-10(2-4-12)8-11(7-9)3-5-13/h6-8,12-13H,1-5H2. The maximum atomic E-state index is 8.76. The third-order valence-corrected chi connectivity index (χ3v) is 1.91. The molecule has 1 aromatic carbocycles. The Hall–Kier alpha value is -0.860. The zero-order valence-electron chi connectivity index (χ0n) is 7.66.